The standard InChI is InChI=1S/C19H20N4O6S/c1-21(11-5-13-29-14-7-9-15(10-8-14)30(2,27)28)18-17(23(25)26)19(24)22-12-4-3-6-16(22)20-18/h3-4,6-10,12H,5,11,13H2,1-2H3. The Bertz CT molecular complexity index is 1240. The van der Waals surface area contributed by atoms with Crippen LogP contribution in [0.25, 0.3) is 5.65 Å². The molecule has 3 rings (SSSR count). The summed E-state index contributed by atoms with van der Waals surface area (Å²) in [5.74, 6) is 0.506. The first kappa shape index (κ1) is 21.2. The van der Waals surface area contributed by atoms with Gasteiger partial charge in [-0.1, -0.05) is 6.07 Å². The van der Waals surface area contributed by atoms with Gasteiger partial charge in [-0.15, -0.1) is 0 Å². The van der Waals surface area contributed by atoms with Crippen LogP contribution in [-0.4, -0.2) is 49.2 Å². The van der Waals surface area contributed by atoms with Crippen LogP contribution >= 0.6 is 0 Å². The topological polar surface area (TPSA) is 124 Å². The average molecular weight is 432 g/mol. The molecule has 10 nitrogen and oxygen atoms in total. The first-order valence-corrected chi connectivity index (χ1v) is 10.9. The third-order valence-electron chi connectivity index (χ3n) is 4.39. The Balaban J connectivity index is 1.68. The molecule has 0 N–H and O–H groups in total. The molecular formula is C19H20N4O6S. The first-order chi connectivity index (χ1) is 14.2. The summed E-state index contributed by atoms with van der Waals surface area (Å²) in [6, 6.07) is 11.0. The minimum Gasteiger partial charge on any atom is -0.494 e. The maximum absolute atomic E-state index is 12.5. The summed E-state index contributed by atoms with van der Waals surface area (Å²) in [7, 11) is -1.65. The largest absolute Gasteiger partial charge is 0.494 e. The molecule has 0 aliphatic carbocycles. The Hall–Kier alpha value is -3.47. The third kappa shape index (κ3) is 4.57. The fourth-order valence-electron chi connectivity index (χ4n) is 2.87. The molecule has 1 aromatic carbocycles. The maximum Gasteiger partial charge on any atom is 0.376 e. The number of nitro groups is 1. The Kier molecular flexibility index (Phi) is 6.01. The second-order valence-electron chi connectivity index (χ2n) is 6.64. The number of pyridine rings is 1. The van der Waals surface area contributed by atoms with Crippen LogP contribution in [0.4, 0.5) is 11.5 Å². The monoisotopic (exact) mass is 432 g/mol. The molecular weight excluding hydrogens is 412 g/mol. The molecule has 0 spiro atoms. The zero-order valence-electron chi connectivity index (χ0n) is 16.4. The number of fused-ring (bicyclic) bond motifs is 1. The highest BCUT2D eigenvalue weighted by Crippen LogP contribution is 2.22. The Morgan fingerprint density at radius 2 is 1.90 bits per heavy atom. The van der Waals surface area contributed by atoms with E-state index in [4.69, 9.17) is 4.74 Å². The zero-order chi connectivity index (χ0) is 21.9. The number of ether oxygens (including phenoxy) is 1. The second kappa shape index (κ2) is 8.49. The minimum atomic E-state index is -3.27. The van der Waals surface area contributed by atoms with E-state index in [-0.39, 0.29) is 10.7 Å². The molecule has 0 bridgehead atoms. The summed E-state index contributed by atoms with van der Waals surface area (Å²) in [5.41, 5.74) is -1.01. The number of hydrogen-bond donors (Lipinski definition) is 0. The van der Waals surface area contributed by atoms with E-state index in [1.54, 1.807) is 42.3 Å². The average Bonchev–Trinajstić information content (AvgIpc) is 2.70. The van der Waals surface area contributed by atoms with E-state index >= 15 is 0 Å². The van der Waals surface area contributed by atoms with Gasteiger partial charge in [-0.2, -0.15) is 0 Å². The normalized spacial score (nSPS) is 11.4. The quantitative estimate of drug-likeness (QED) is 0.300. The predicted molar refractivity (Wildman–Crippen MR) is 111 cm³/mol. The molecule has 0 aliphatic rings. The summed E-state index contributed by atoms with van der Waals surface area (Å²) in [5, 5.41) is 11.5. The number of sulfone groups is 1. The van der Waals surface area contributed by atoms with Crippen molar-refractivity contribution in [3.05, 3.63) is 69.1 Å². The van der Waals surface area contributed by atoms with Crippen LogP contribution in [-0.2, 0) is 9.84 Å². The van der Waals surface area contributed by atoms with Crippen molar-refractivity contribution in [1.29, 1.82) is 0 Å². The van der Waals surface area contributed by atoms with Crippen LogP contribution in [0, 0.1) is 10.1 Å². The van der Waals surface area contributed by atoms with Crippen LogP contribution in [0.3, 0.4) is 0 Å². The van der Waals surface area contributed by atoms with Gasteiger partial charge in [-0.05, 0) is 42.8 Å². The van der Waals surface area contributed by atoms with E-state index in [2.05, 4.69) is 4.98 Å². The lowest BCUT2D eigenvalue weighted by molar-refractivity contribution is -0.385. The van der Waals surface area contributed by atoms with Crippen molar-refractivity contribution >= 4 is 27.0 Å². The van der Waals surface area contributed by atoms with Crippen molar-refractivity contribution in [2.75, 3.05) is 31.4 Å². The fraction of sp³-hybridized carbons (Fsp3) is 0.263. The van der Waals surface area contributed by atoms with Gasteiger partial charge in [0.05, 0.1) is 16.4 Å². The molecule has 0 amide bonds. The van der Waals surface area contributed by atoms with Crippen LogP contribution in [0.1, 0.15) is 6.42 Å². The summed E-state index contributed by atoms with van der Waals surface area (Å²) in [4.78, 5) is 29.3. The number of hydrogen-bond acceptors (Lipinski definition) is 8. The van der Waals surface area contributed by atoms with E-state index < -0.39 is 26.0 Å². The molecule has 2 heterocycles. The van der Waals surface area contributed by atoms with Gasteiger partial charge >= 0.3 is 11.2 Å². The Labute approximate surface area is 172 Å². The Morgan fingerprint density at radius 1 is 1.20 bits per heavy atom. The molecule has 0 radical (unpaired) electrons. The molecule has 0 aliphatic heterocycles. The highest BCUT2D eigenvalue weighted by Gasteiger charge is 2.25. The SMILES string of the molecule is CN(CCCOc1ccc(S(C)(=O)=O)cc1)c1nc2ccccn2c(=O)c1[N+](=O)[O-]. The molecule has 158 valence electrons. The third-order valence-corrected chi connectivity index (χ3v) is 5.52. The molecule has 11 heteroatoms. The smallest absolute Gasteiger partial charge is 0.376 e. The molecule has 3 aromatic rings. The predicted octanol–water partition coefficient (Wildman–Crippen LogP) is 1.91. The van der Waals surface area contributed by atoms with Crippen LogP contribution in [0.15, 0.2) is 58.4 Å². The van der Waals surface area contributed by atoms with Gasteiger partial charge < -0.3 is 9.64 Å². The highest BCUT2D eigenvalue weighted by molar-refractivity contribution is 7.90. The van der Waals surface area contributed by atoms with Crippen molar-refractivity contribution in [2.24, 2.45) is 0 Å². The lowest BCUT2D eigenvalue weighted by Gasteiger charge is -2.18. The van der Waals surface area contributed by atoms with Crippen LogP contribution in [0.2, 0.25) is 0 Å². The van der Waals surface area contributed by atoms with E-state index in [0.29, 0.717) is 31.0 Å². The molecule has 0 unspecified atom stereocenters. The molecule has 2 aromatic heterocycles. The van der Waals surface area contributed by atoms with E-state index in [9.17, 15) is 23.3 Å². The van der Waals surface area contributed by atoms with Crippen molar-refractivity contribution in [2.45, 2.75) is 11.3 Å². The van der Waals surface area contributed by atoms with Crippen LogP contribution in [0.5, 0.6) is 5.75 Å². The van der Waals surface area contributed by atoms with E-state index in [1.807, 2.05) is 0 Å². The van der Waals surface area contributed by atoms with Crippen molar-refractivity contribution in [1.82, 2.24) is 9.38 Å². The van der Waals surface area contributed by atoms with E-state index in [0.717, 1.165) is 10.7 Å². The van der Waals surface area contributed by atoms with Gasteiger partial charge in [-0.3, -0.25) is 19.3 Å². The molecule has 30 heavy (non-hydrogen) atoms. The summed E-state index contributed by atoms with van der Waals surface area (Å²) in [6.07, 6.45) is 3.06. The van der Waals surface area contributed by atoms with Crippen molar-refractivity contribution < 1.29 is 18.1 Å². The number of anilines is 1. The number of rotatable bonds is 8. The first-order valence-electron chi connectivity index (χ1n) is 8.98. The maximum atomic E-state index is 12.5. The van der Waals surface area contributed by atoms with Gasteiger partial charge in [0.25, 0.3) is 0 Å². The lowest BCUT2D eigenvalue weighted by Crippen LogP contribution is -2.27. The van der Waals surface area contributed by atoms with Gasteiger partial charge in [0, 0.05) is 26.0 Å². The summed E-state index contributed by atoms with van der Waals surface area (Å²) in [6.45, 7) is 0.653. The van der Waals surface area contributed by atoms with Gasteiger partial charge in [-0.25, -0.2) is 13.4 Å². The summed E-state index contributed by atoms with van der Waals surface area (Å²) >= 11 is 0. The highest BCUT2D eigenvalue weighted by atomic mass is 32.2. The van der Waals surface area contributed by atoms with Crippen molar-refractivity contribution in [3.63, 3.8) is 0 Å². The number of benzene rings is 1. The van der Waals surface area contributed by atoms with Crippen LogP contribution < -0.4 is 15.2 Å². The molecule has 0 atom stereocenters. The number of nitrogens with zero attached hydrogens (tertiary/aromatic N) is 4. The van der Waals surface area contributed by atoms with Gasteiger partial charge in [0.15, 0.2) is 9.84 Å². The van der Waals surface area contributed by atoms with Gasteiger partial charge in [0.2, 0.25) is 5.82 Å². The molecule has 0 saturated carbocycles. The minimum absolute atomic E-state index is 0.00583. The second-order valence-corrected chi connectivity index (χ2v) is 8.66. The Morgan fingerprint density at radius 3 is 2.53 bits per heavy atom. The number of aromatic nitrogens is 2. The summed E-state index contributed by atoms with van der Waals surface area (Å²) < 4.78 is 29.7. The zero-order valence-corrected chi connectivity index (χ0v) is 17.2. The fourth-order valence-corrected chi connectivity index (χ4v) is 3.51. The van der Waals surface area contributed by atoms with Crippen molar-refractivity contribution in [3.8, 4) is 5.75 Å². The van der Waals surface area contributed by atoms with Gasteiger partial charge in [0.1, 0.15) is 11.4 Å². The lowest BCUT2D eigenvalue weighted by atomic mass is 10.3. The molecule has 0 saturated heterocycles. The molecule has 0 fully saturated rings. The van der Waals surface area contributed by atoms with E-state index in [1.165, 1.54) is 18.3 Å².